The number of rotatable bonds is 6. The number of nitrogens with zero attached hydrogens (tertiary/aromatic N) is 2. The van der Waals surface area contributed by atoms with Crippen LogP contribution in [0.3, 0.4) is 0 Å². The summed E-state index contributed by atoms with van der Waals surface area (Å²) in [5, 5.41) is 17.1. The highest BCUT2D eigenvalue weighted by molar-refractivity contribution is 6.32. The van der Waals surface area contributed by atoms with Gasteiger partial charge < -0.3 is 10.4 Å². The fraction of sp³-hybridized carbons (Fsp3) is 0.292. The van der Waals surface area contributed by atoms with Gasteiger partial charge in [0.05, 0.1) is 23.2 Å². The molecule has 2 saturated carbocycles. The highest BCUT2D eigenvalue weighted by Gasteiger charge is 2.54. The average molecular weight is 454 g/mol. The van der Waals surface area contributed by atoms with Gasteiger partial charge in [-0.2, -0.15) is 5.10 Å². The molecule has 0 bridgehead atoms. The minimum atomic E-state index is -1.11. The smallest absolute Gasteiger partial charge is 0.336 e. The number of hydrogen-bond donors (Lipinski definition) is 2. The van der Waals surface area contributed by atoms with Gasteiger partial charge in [0.2, 0.25) is 5.91 Å². The van der Waals surface area contributed by atoms with Gasteiger partial charge in [-0.25, -0.2) is 9.18 Å². The van der Waals surface area contributed by atoms with Crippen molar-refractivity contribution in [3.8, 4) is 11.1 Å². The first kappa shape index (κ1) is 20.7. The molecule has 0 saturated heterocycles. The Hall–Kier alpha value is -3.19. The monoisotopic (exact) mass is 453 g/mol. The number of carbonyl (C=O) groups is 2. The minimum Gasteiger partial charge on any atom is -0.478 e. The largest absolute Gasteiger partial charge is 0.478 e. The second kappa shape index (κ2) is 7.74. The number of benzene rings is 2. The Bertz CT molecular complexity index is 1210. The number of halogens is 2. The van der Waals surface area contributed by atoms with Gasteiger partial charge in [-0.15, -0.1) is 0 Å². The summed E-state index contributed by atoms with van der Waals surface area (Å²) < 4.78 is 16.3. The van der Waals surface area contributed by atoms with Crippen LogP contribution >= 0.6 is 11.6 Å². The van der Waals surface area contributed by atoms with Crippen molar-refractivity contribution in [1.82, 2.24) is 9.78 Å². The molecule has 6 nitrogen and oxygen atoms in total. The lowest BCUT2D eigenvalue weighted by atomic mass is 9.93. The molecule has 8 heteroatoms. The van der Waals surface area contributed by atoms with E-state index < -0.39 is 23.1 Å². The molecule has 2 aromatic carbocycles. The zero-order valence-electron chi connectivity index (χ0n) is 17.1. The van der Waals surface area contributed by atoms with E-state index in [0.717, 1.165) is 12.8 Å². The van der Waals surface area contributed by atoms with Crippen LogP contribution in [0.4, 0.5) is 10.1 Å². The molecular formula is C24H21ClFN3O3. The van der Waals surface area contributed by atoms with Gasteiger partial charge >= 0.3 is 5.97 Å². The zero-order valence-corrected chi connectivity index (χ0v) is 17.9. The van der Waals surface area contributed by atoms with Crippen LogP contribution in [-0.2, 0) is 10.2 Å². The van der Waals surface area contributed by atoms with Gasteiger partial charge in [0.15, 0.2) is 0 Å². The zero-order chi connectivity index (χ0) is 22.5. The summed E-state index contributed by atoms with van der Waals surface area (Å²) in [4.78, 5) is 25.0. The number of aromatic nitrogens is 2. The summed E-state index contributed by atoms with van der Waals surface area (Å²) in [5.74, 6) is -2.02. The third-order valence-corrected chi connectivity index (χ3v) is 6.81. The van der Waals surface area contributed by atoms with Crippen LogP contribution in [0.25, 0.3) is 11.1 Å². The number of nitrogens with one attached hydrogen (secondary N) is 1. The van der Waals surface area contributed by atoms with Crippen LogP contribution in [0.5, 0.6) is 0 Å². The van der Waals surface area contributed by atoms with Gasteiger partial charge in [-0.3, -0.25) is 9.48 Å². The van der Waals surface area contributed by atoms with E-state index in [9.17, 15) is 19.1 Å². The van der Waals surface area contributed by atoms with Crippen LogP contribution in [-0.4, -0.2) is 26.8 Å². The third kappa shape index (κ3) is 3.46. The summed E-state index contributed by atoms with van der Waals surface area (Å²) in [6.45, 7) is 0. The molecule has 2 fully saturated rings. The summed E-state index contributed by atoms with van der Waals surface area (Å²) in [6.07, 6.45) is 7.81. The second-order valence-corrected chi connectivity index (χ2v) is 8.90. The number of aromatic carboxylic acids is 1. The molecule has 1 aromatic heterocycles. The maximum absolute atomic E-state index is 14.4. The Labute approximate surface area is 189 Å². The molecular weight excluding hydrogens is 433 g/mol. The Kier molecular flexibility index (Phi) is 5.01. The molecule has 2 aliphatic rings. The van der Waals surface area contributed by atoms with E-state index in [2.05, 4.69) is 10.4 Å². The lowest BCUT2D eigenvalue weighted by Crippen LogP contribution is -2.29. The lowest BCUT2D eigenvalue weighted by molar-refractivity contribution is -0.118. The average Bonchev–Trinajstić information content (AvgIpc) is 3.38. The number of amides is 1. The van der Waals surface area contributed by atoms with Crippen molar-refractivity contribution in [3.63, 3.8) is 0 Å². The van der Waals surface area contributed by atoms with Gasteiger partial charge in [-0.05, 0) is 61.9 Å². The maximum Gasteiger partial charge on any atom is 0.336 e. The maximum atomic E-state index is 14.4. The van der Waals surface area contributed by atoms with Crippen LogP contribution in [0.2, 0.25) is 5.02 Å². The van der Waals surface area contributed by atoms with Crippen molar-refractivity contribution < 1.29 is 19.1 Å². The Morgan fingerprint density at radius 2 is 2.00 bits per heavy atom. The number of carboxylic acids is 1. The molecule has 1 amide bonds. The van der Waals surface area contributed by atoms with Gasteiger partial charge in [0, 0.05) is 28.0 Å². The minimum absolute atomic E-state index is 0.0599. The highest BCUT2D eigenvalue weighted by atomic mass is 35.5. The molecule has 32 heavy (non-hydrogen) atoms. The van der Waals surface area contributed by atoms with Crippen molar-refractivity contribution in [2.24, 2.45) is 0 Å². The molecule has 1 heterocycles. The second-order valence-electron chi connectivity index (χ2n) is 8.49. The van der Waals surface area contributed by atoms with E-state index in [-0.39, 0.29) is 16.1 Å². The molecule has 0 spiro atoms. The van der Waals surface area contributed by atoms with E-state index in [1.54, 1.807) is 24.4 Å². The summed E-state index contributed by atoms with van der Waals surface area (Å²) >= 11 is 6.19. The summed E-state index contributed by atoms with van der Waals surface area (Å²) in [7, 11) is 0. The molecule has 0 aliphatic heterocycles. The van der Waals surface area contributed by atoms with Crippen molar-refractivity contribution >= 4 is 29.2 Å². The normalized spacial score (nSPS) is 16.9. The van der Waals surface area contributed by atoms with Crippen LogP contribution < -0.4 is 5.32 Å². The molecule has 5 rings (SSSR count). The first-order valence-corrected chi connectivity index (χ1v) is 10.9. The quantitative estimate of drug-likeness (QED) is 0.520. The van der Waals surface area contributed by atoms with Gasteiger partial charge in [0.25, 0.3) is 0 Å². The highest BCUT2D eigenvalue weighted by Crippen LogP contribution is 2.52. The molecule has 2 aliphatic carbocycles. The van der Waals surface area contributed by atoms with E-state index >= 15 is 0 Å². The Morgan fingerprint density at radius 3 is 2.62 bits per heavy atom. The Balaban J connectivity index is 1.42. The summed E-state index contributed by atoms with van der Waals surface area (Å²) in [5.41, 5.74) is 0.793. The molecule has 2 N–H and O–H groups in total. The first-order chi connectivity index (χ1) is 15.4. The molecule has 0 radical (unpaired) electrons. The fourth-order valence-corrected chi connectivity index (χ4v) is 4.64. The van der Waals surface area contributed by atoms with E-state index in [0.29, 0.717) is 35.7 Å². The van der Waals surface area contributed by atoms with E-state index in [1.807, 2.05) is 10.9 Å². The van der Waals surface area contributed by atoms with Crippen LogP contribution in [0.15, 0.2) is 48.8 Å². The Morgan fingerprint density at radius 1 is 1.22 bits per heavy atom. The van der Waals surface area contributed by atoms with Gasteiger partial charge in [0.1, 0.15) is 5.82 Å². The van der Waals surface area contributed by atoms with Crippen molar-refractivity contribution in [2.45, 2.75) is 43.6 Å². The molecule has 164 valence electrons. The standard InChI is InChI=1S/C24H21ClFN3O3/c25-19-5-2-6-20(26)21(19)24(9-10-24)23(32)28-15-7-8-17(18(11-15)22(30)31)14-12-27-29(13-14)16-3-1-4-16/h2,5-8,11-13,16H,1,3-4,9-10H2,(H,28,32)(H,30,31). The third-order valence-electron chi connectivity index (χ3n) is 6.50. The molecule has 0 atom stereocenters. The number of anilines is 1. The predicted molar refractivity (Wildman–Crippen MR) is 118 cm³/mol. The predicted octanol–water partition coefficient (Wildman–Crippen LogP) is 5.44. The van der Waals surface area contributed by atoms with E-state index in [4.69, 9.17) is 11.6 Å². The number of carbonyl (C=O) groups excluding carboxylic acids is 1. The number of carboxylic acid groups (broad SMARTS) is 1. The van der Waals surface area contributed by atoms with Crippen molar-refractivity contribution in [1.29, 1.82) is 0 Å². The number of hydrogen-bond acceptors (Lipinski definition) is 3. The topological polar surface area (TPSA) is 84.2 Å². The molecule has 0 unspecified atom stereocenters. The fourth-order valence-electron chi connectivity index (χ4n) is 4.30. The summed E-state index contributed by atoms with van der Waals surface area (Å²) in [6, 6.07) is 9.46. The molecule has 3 aromatic rings. The SMILES string of the molecule is O=C(O)c1cc(NC(=O)C2(c3c(F)cccc3Cl)CC2)ccc1-c1cnn(C2CCC2)c1. The van der Waals surface area contributed by atoms with Crippen molar-refractivity contribution in [3.05, 3.63) is 70.8 Å². The lowest BCUT2D eigenvalue weighted by Gasteiger charge is -2.25. The van der Waals surface area contributed by atoms with E-state index in [1.165, 1.54) is 24.6 Å². The van der Waals surface area contributed by atoms with Gasteiger partial charge in [-0.1, -0.05) is 23.7 Å². The van der Waals surface area contributed by atoms with Crippen molar-refractivity contribution in [2.75, 3.05) is 5.32 Å². The van der Waals surface area contributed by atoms with Crippen LogP contribution in [0, 0.1) is 5.82 Å². The van der Waals surface area contributed by atoms with Crippen LogP contribution in [0.1, 0.15) is 54.1 Å². The first-order valence-electron chi connectivity index (χ1n) is 10.6.